The zero-order chi connectivity index (χ0) is 18.7. The second-order valence-corrected chi connectivity index (χ2v) is 6.40. The molecule has 1 N–H and O–H groups in total. The summed E-state index contributed by atoms with van der Waals surface area (Å²) >= 11 is 0. The smallest absolute Gasteiger partial charge is 0.338 e. The lowest BCUT2D eigenvalue weighted by Gasteiger charge is -2.37. The number of nitrogens with one attached hydrogen (secondary N) is 1. The Morgan fingerprint density at radius 1 is 1.12 bits per heavy atom. The maximum absolute atomic E-state index is 12.8. The SMILES string of the molecule is CCOC(=O)c1ccc(NC(=O)N2CCn3c(C)ccc3C2CC)cc1. The minimum absolute atomic E-state index is 0.0660. The van der Waals surface area contributed by atoms with Crippen molar-refractivity contribution in [3.8, 4) is 0 Å². The van der Waals surface area contributed by atoms with E-state index in [0.717, 1.165) is 13.0 Å². The molecule has 1 unspecified atom stereocenters. The summed E-state index contributed by atoms with van der Waals surface area (Å²) in [6.45, 7) is 7.78. The number of aryl methyl sites for hydroxylation is 1. The van der Waals surface area contributed by atoms with Crippen molar-refractivity contribution in [1.29, 1.82) is 0 Å². The van der Waals surface area contributed by atoms with Gasteiger partial charge < -0.3 is 19.5 Å². The number of carbonyl (C=O) groups excluding carboxylic acids is 2. The third-order valence-electron chi connectivity index (χ3n) is 4.81. The van der Waals surface area contributed by atoms with Crippen LogP contribution in [-0.4, -0.2) is 34.6 Å². The molecule has 1 aromatic carbocycles. The summed E-state index contributed by atoms with van der Waals surface area (Å²) in [7, 11) is 0. The van der Waals surface area contributed by atoms with Crippen molar-refractivity contribution in [3.05, 3.63) is 53.3 Å². The molecule has 6 nitrogen and oxygen atoms in total. The van der Waals surface area contributed by atoms with Gasteiger partial charge in [-0.1, -0.05) is 6.92 Å². The van der Waals surface area contributed by atoms with Crippen LogP contribution in [0.25, 0.3) is 0 Å². The van der Waals surface area contributed by atoms with Gasteiger partial charge in [0.15, 0.2) is 0 Å². The summed E-state index contributed by atoms with van der Waals surface area (Å²) in [6.07, 6.45) is 0.860. The van der Waals surface area contributed by atoms with E-state index < -0.39 is 0 Å². The van der Waals surface area contributed by atoms with Gasteiger partial charge in [0.1, 0.15) is 0 Å². The summed E-state index contributed by atoms with van der Waals surface area (Å²) in [4.78, 5) is 26.4. The molecule has 138 valence electrons. The number of carbonyl (C=O) groups is 2. The lowest BCUT2D eigenvalue weighted by Crippen LogP contribution is -2.44. The zero-order valence-corrected chi connectivity index (χ0v) is 15.5. The fourth-order valence-electron chi connectivity index (χ4n) is 3.48. The number of hydrogen-bond acceptors (Lipinski definition) is 3. The van der Waals surface area contributed by atoms with E-state index in [1.165, 1.54) is 11.4 Å². The molecule has 0 saturated carbocycles. The van der Waals surface area contributed by atoms with Crippen LogP contribution in [0, 0.1) is 6.92 Å². The highest BCUT2D eigenvalue weighted by Gasteiger charge is 2.30. The molecular formula is C20H25N3O3. The average Bonchev–Trinajstić information content (AvgIpc) is 3.03. The van der Waals surface area contributed by atoms with E-state index in [9.17, 15) is 9.59 Å². The van der Waals surface area contributed by atoms with Crippen LogP contribution in [-0.2, 0) is 11.3 Å². The molecule has 0 saturated heterocycles. The van der Waals surface area contributed by atoms with Gasteiger partial charge in [0.05, 0.1) is 18.2 Å². The molecule has 2 amide bonds. The standard InChI is InChI=1S/C20H25N3O3/c1-4-17-18-11-6-14(3)22(18)12-13-23(17)20(25)21-16-9-7-15(8-10-16)19(24)26-5-2/h6-11,17H,4-5,12-13H2,1-3H3,(H,21,25). The Bertz CT molecular complexity index is 795. The van der Waals surface area contributed by atoms with Gasteiger partial charge in [0, 0.05) is 30.2 Å². The summed E-state index contributed by atoms with van der Waals surface area (Å²) in [5.74, 6) is -0.358. The third kappa shape index (κ3) is 3.45. The highest BCUT2D eigenvalue weighted by atomic mass is 16.5. The number of nitrogens with zero attached hydrogens (tertiary/aromatic N) is 2. The Morgan fingerprint density at radius 2 is 1.85 bits per heavy atom. The molecule has 3 rings (SSSR count). The molecule has 0 aliphatic carbocycles. The van der Waals surface area contributed by atoms with E-state index >= 15 is 0 Å². The highest BCUT2D eigenvalue weighted by molar-refractivity contribution is 5.92. The Morgan fingerprint density at radius 3 is 2.50 bits per heavy atom. The van der Waals surface area contributed by atoms with E-state index in [2.05, 4.69) is 35.9 Å². The van der Waals surface area contributed by atoms with Gasteiger partial charge in [-0.3, -0.25) is 0 Å². The molecule has 0 bridgehead atoms. The quantitative estimate of drug-likeness (QED) is 0.844. The predicted octanol–water partition coefficient (Wildman–Crippen LogP) is 3.97. The summed E-state index contributed by atoms with van der Waals surface area (Å²) in [6, 6.07) is 10.9. The van der Waals surface area contributed by atoms with Crippen molar-refractivity contribution >= 4 is 17.7 Å². The van der Waals surface area contributed by atoms with Crippen molar-refractivity contribution in [2.24, 2.45) is 0 Å². The van der Waals surface area contributed by atoms with Crippen molar-refractivity contribution in [1.82, 2.24) is 9.47 Å². The molecule has 0 spiro atoms. The molecule has 6 heteroatoms. The molecule has 1 atom stereocenters. The number of esters is 1. The normalized spacial score (nSPS) is 16.1. The summed E-state index contributed by atoms with van der Waals surface area (Å²) < 4.78 is 7.25. The summed E-state index contributed by atoms with van der Waals surface area (Å²) in [5, 5.41) is 2.94. The van der Waals surface area contributed by atoms with Crippen LogP contribution >= 0.6 is 0 Å². The van der Waals surface area contributed by atoms with Gasteiger partial charge >= 0.3 is 12.0 Å². The average molecular weight is 355 g/mol. The number of urea groups is 1. The Hall–Kier alpha value is -2.76. The number of aromatic nitrogens is 1. The second-order valence-electron chi connectivity index (χ2n) is 6.40. The fourth-order valence-corrected chi connectivity index (χ4v) is 3.48. The Balaban J connectivity index is 1.71. The van der Waals surface area contributed by atoms with Gasteiger partial charge in [-0.05, 0) is 56.7 Å². The molecule has 1 aromatic heterocycles. The summed E-state index contributed by atoms with van der Waals surface area (Å²) in [5.41, 5.74) is 3.55. The number of anilines is 1. The van der Waals surface area contributed by atoms with Crippen LogP contribution in [0.4, 0.5) is 10.5 Å². The van der Waals surface area contributed by atoms with Crippen molar-refractivity contribution in [2.75, 3.05) is 18.5 Å². The van der Waals surface area contributed by atoms with Gasteiger partial charge in [-0.25, -0.2) is 9.59 Å². The fraction of sp³-hybridized carbons (Fsp3) is 0.400. The first-order chi connectivity index (χ1) is 12.5. The van der Waals surface area contributed by atoms with Gasteiger partial charge in [-0.2, -0.15) is 0 Å². The number of benzene rings is 1. The molecule has 26 heavy (non-hydrogen) atoms. The van der Waals surface area contributed by atoms with E-state index in [1.54, 1.807) is 31.2 Å². The molecule has 2 aromatic rings. The van der Waals surface area contributed by atoms with E-state index in [0.29, 0.717) is 24.4 Å². The minimum atomic E-state index is -0.358. The molecule has 0 fully saturated rings. The predicted molar refractivity (Wildman–Crippen MR) is 100 cm³/mol. The number of fused-ring (bicyclic) bond motifs is 1. The molecule has 1 aliphatic heterocycles. The lowest BCUT2D eigenvalue weighted by atomic mass is 10.1. The topological polar surface area (TPSA) is 63.6 Å². The van der Waals surface area contributed by atoms with Crippen LogP contribution < -0.4 is 5.32 Å². The van der Waals surface area contributed by atoms with Crippen molar-refractivity contribution in [3.63, 3.8) is 0 Å². The number of amides is 2. The second kappa shape index (κ2) is 7.64. The Labute approximate surface area is 153 Å². The molecule has 0 radical (unpaired) electrons. The molecule has 1 aliphatic rings. The van der Waals surface area contributed by atoms with Crippen LogP contribution in [0.3, 0.4) is 0 Å². The highest BCUT2D eigenvalue weighted by Crippen LogP contribution is 2.30. The van der Waals surface area contributed by atoms with Gasteiger partial charge in [0.25, 0.3) is 0 Å². The van der Waals surface area contributed by atoms with E-state index in [1.807, 2.05) is 4.90 Å². The van der Waals surface area contributed by atoms with Crippen LogP contribution in [0.1, 0.15) is 48.1 Å². The van der Waals surface area contributed by atoms with Crippen LogP contribution in [0.2, 0.25) is 0 Å². The lowest BCUT2D eigenvalue weighted by molar-refractivity contribution is 0.0526. The van der Waals surface area contributed by atoms with Crippen LogP contribution in [0.5, 0.6) is 0 Å². The maximum Gasteiger partial charge on any atom is 0.338 e. The third-order valence-corrected chi connectivity index (χ3v) is 4.81. The Kier molecular flexibility index (Phi) is 5.30. The van der Waals surface area contributed by atoms with Crippen LogP contribution in [0.15, 0.2) is 36.4 Å². The van der Waals surface area contributed by atoms with Crippen molar-refractivity contribution < 1.29 is 14.3 Å². The maximum atomic E-state index is 12.8. The molecule has 2 heterocycles. The van der Waals surface area contributed by atoms with Gasteiger partial charge in [0.2, 0.25) is 0 Å². The molecular weight excluding hydrogens is 330 g/mol. The van der Waals surface area contributed by atoms with Gasteiger partial charge in [-0.15, -0.1) is 0 Å². The monoisotopic (exact) mass is 355 g/mol. The van der Waals surface area contributed by atoms with Crippen molar-refractivity contribution in [2.45, 2.75) is 39.8 Å². The first-order valence-corrected chi connectivity index (χ1v) is 9.06. The zero-order valence-electron chi connectivity index (χ0n) is 15.5. The largest absolute Gasteiger partial charge is 0.462 e. The van der Waals surface area contributed by atoms with E-state index in [4.69, 9.17) is 4.74 Å². The number of hydrogen-bond donors (Lipinski definition) is 1. The first-order valence-electron chi connectivity index (χ1n) is 9.06. The first kappa shape index (κ1) is 18.0. The number of ether oxygens (including phenoxy) is 1. The minimum Gasteiger partial charge on any atom is -0.462 e. The number of rotatable bonds is 4. The van der Waals surface area contributed by atoms with E-state index in [-0.39, 0.29) is 18.0 Å².